The van der Waals surface area contributed by atoms with Crippen molar-refractivity contribution in [1.82, 2.24) is 9.88 Å². The summed E-state index contributed by atoms with van der Waals surface area (Å²) >= 11 is 7.65. The molecule has 5 nitrogen and oxygen atoms in total. The van der Waals surface area contributed by atoms with Crippen LogP contribution in [0.15, 0.2) is 48.0 Å². The fraction of sp³-hybridized carbons (Fsp3) is 0.250. The van der Waals surface area contributed by atoms with Gasteiger partial charge in [0.2, 0.25) is 5.91 Å². The molecule has 1 aliphatic heterocycles. The lowest BCUT2D eigenvalue weighted by Gasteiger charge is -2.31. The third-order valence-corrected chi connectivity index (χ3v) is 5.97. The van der Waals surface area contributed by atoms with Crippen molar-refractivity contribution >= 4 is 51.3 Å². The zero-order valence-corrected chi connectivity index (χ0v) is 16.1. The molecule has 7 heteroatoms. The number of carbonyl (C=O) groups excluding carboxylic acids is 2. The second-order valence-corrected chi connectivity index (χ2v) is 7.91. The fourth-order valence-corrected chi connectivity index (χ4v) is 4.31. The van der Waals surface area contributed by atoms with E-state index in [1.54, 1.807) is 23.2 Å². The lowest BCUT2D eigenvalue weighted by atomic mass is 9.96. The summed E-state index contributed by atoms with van der Waals surface area (Å²) in [6.45, 7) is 1.12. The molecule has 1 fully saturated rings. The largest absolute Gasteiger partial charge is 0.337 e. The van der Waals surface area contributed by atoms with Gasteiger partial charge in [0, 0.05) is 24.7 Å². The molecule has 1 atom stereocenters. The number of nitrogens with zero attached hydrogens (tertiary/aromatic N) is 2. The molecular formula is C20H18ClN3O2S. The number of hydrogen-bond acceptors (Lipinski definition) is 4. The van der Waals surface area contributed by atoms with E-state index in [0.29, 0.717) is 34.2 Å². The highest BCUT2D eigenvalue weighted by Gasteiger charge is 2.29. The number of halogens is 1. The maximum Gasteiger partial charge on any atom is 0.263 e. The molecule has 1 unspecified atom stereocenters. The van der Waals surface area contributed by atoms with Crippen LogP contribution in [0.25, 0.3) is 10.9 Å². The highest BCUT2D eigenvalue weighted by atomic mass is 35.5. The van der Waals surface area contributed by atoms with Crippen molar-refractivity contribution in [2.24, 2.45) is 5.92 Å². The van der Waals surface area contributed by atoms with Crippen LogP contribution in [0, 0.1) is 5.92 Å². The van der Waals surface area contributed by atoms with Crippen LogP contribution in [-0.2, 0) is 4.79 Å². The van der Waals surface area contributed by atoms with E-state index in [2.05, 4.69) is 10.3 Å². The van der Waals surface area contributed by atoms with Crippen LogP contribution in [-0.4, -0.2) is 34.8 Å². The first kappa shape index (κ1) is 17.9. The van der Waals surface area contributed by atoms with Gasteiger partial charge < -0.3 is 10.2 Å². The minimum atomic E-state index is -0.239. The molecule has 1 aliphatic rings. The van der Waals surface area contributed by atoms with E-state index in [1.165, 1.54) is 11.3 Å². The standard InChI is InChI=1S/C20H18ClN3O2S/c21-15-7-8-16(18-14(15)5-1-9-22-18)23-19(25)13-4-2-10-24(12-13)20(26)17-6-3-11-27-17/h1,3,5-9,11,13H,2,4,10,12H2,(H,23,25). The summed E-state index contributed by atoms with van der Waals surface area (Å²) in [4.78, 5) is 32.3. The van der Waals surface area contributed by atoms with E-state index in [9.17, 15) is 9.59 Å². The summed E-state index contributed by atoms with van der Waals surface area (Å²) in [5, 5.41) is 6.27. The SMILES string of the molecule is O=C(Nc1ccc(Cl)c2cccnc12)C1CCCN(C(=O)c2cccs2)C1. The van der Waals surface area contributed by atoms with Crippen molar-refractivity contribution in [3.05, 3.63) is 57.9 Å². The summed E-state index contributed by atoms with van der Waals surface area (Å²) in [7, 11) is 0. The summed E-state index contributed by atoms with van der Waals surface area (Å²) < 4.78 is 0. The van der Waals surface area contributed by atoms with E-state index in [1.807, 2.05) is 29.6 Å². The first-order valence-corrected chi connectivity index (χ1v) is 10.1. The monoisotopic (exact) mass is 399 g/mol. The number of nitrogens with one attached hydrogen (secondary N) is 1. The maximum absolute atomic E-state index is 12.8. The molecule has 0 saturated carbocycles. The van der Waals surface area contributed by atoms with Gasteiger partial charge in [-0.3, -0.25) is 14.6 Å². The maximum atomic E-state index is 12.8. The summed E-state index contributed by atoms with van der Waals surface area (Å²) in [6.07, 6.45) is 3.25. The second-order valence-electron chi connectivity index (χ2n) is 6.55. The van der Waals surface area contributed by atoms with Crippen LogP contribution >= 0.6 is 22.9 Å². The van der Waals surface area contributed by atoms with Crippen molar-refractivity contribution in [1.29, 1.82) is 0 Å². The number of amides is 2. The van der Waals surface area contributed by atoms with E-state index >= 15 is 0 Å². The Morgan fingerprint density at radius 3 is 2.93 bits per heavy atom. The number of anilines is 1. The number of carbonyl (C=O) groups is 2. The molecule has 1 aromatic carbocycles. The van der Waals surface area contributed by atoms with Crippen molar-refractivity contribution < 1.29 is 9.59 Å². The first-order chi connectivity index (χ1) is 13.1. The Morgan fingerprint density at radius 2 is 2.11 bits per heavy atom. The molecule has 2 amide bonds. The molecule has 4 rings (SSSR count). The minimum Gasteiger partial charge on any atom is -0.337 e. The van der Waals surface area contributed by atoms with Gasteiger partial charge in [0.05, 0.1) is 27.0 Å². The summed E-state index contributed by atoms with van der Waals surface area (Å²) in [6, 6.07) is 10.9. The van der Waals surface area contributed by atoms with Crippen LogP contribution in [0.3, 0.4) is 0 Å². The van der Waals surface area contributed by atoms with Crippen LogP contribution in [0.4, 0.5) is 5.69 Å². The predicted octanol–water partition coefficient (Wildman–Crippen LogP) is 4.44. The van der Waals surface area contributed by atoms with Crippen molar-refractivity contribution in [3.63, 3.8) is 0 Å². The number of likely N-dealkylation sites (tertiary alicyclic amines) is 1. The highest BCUT2D eigenvalue weighted by Crippen LogP contribution is 2.29. The van der Waals surface area contributed by atoms with Gasteiger partial charge in [0.1, 0.15) is 0 Å². The van der Waals surface area contributed by atoms with Gasteiger partial charge in [0.15, 0.2) is 0 Å². The lowest BCUT2D eigenvalue weighted by molar-refractivity contribution is -0.121. The van der Waals surface area contributed by atoms with Gasteiger partial charge in [0.25, 0.3) is 5.91 Å². The average molecular weight is 400 g/mol. The molecule has 138 valence electrons. The third-order valence-electron chi connectivity index (χ3n) is 4.79. The van der Waals surface area contributed by atoms with Crippen LogP contribution in [0.5, 0.6) is 0 Å². The summed E-state index contributed by atoms with van der Waals surface area (Å²) in [5.74, 6) is -0.328. The molecule has 1 saturated heterocycles. The minimum absolute atomic E-state index is 0.00103. The van der Waals surface area contributed by atoms with E-state index < -0.39 is 0 Å². The molecule has 3 aromatic rings. The normalized spacial score (nSPS) is 17.1. The molecule has 1 N–H and O–H groups in total. The van der Waals surface area contributed by atoms with Gasteiger partial charge in [-0.1, -0.05) is 17.7 Å². The number of fused-ring (bicyclic) bond motifs is 1. The Hall–Kier alpha value is -2.44. The number of benzene rings is 1. The Labute approximate surface area is 166 Å². The Morgan fingerprint density at radius 1 is 1.22 bits per heavy atom. The number of pyridine rings is 1. The molecular weight excluding hydrogens is 382 g/mol. The first-order valence-electron chi connectivity index (χ1n) is 8.80. The molecule has 0 spiro atoms. The van der Waals surface area contributed by atoms with Gasteiger partial charge >= 0.3 is 0 Å². The number of piperidine rings is 1. The Balaban J connectivity index is 1.50. The van der Waals surface area contributed by atoms with Crippen molar-refractivity contribution in [2.75, 3.05) is 18.4 Å². The quantitative estimate of drug-likeness (QED) is 0.708. The van der Waals surface area contributed by atoms with Gasteiger partial charge in [-0.05, 0) is 48.6 Å². The van der Waals surface area contributed by atoms with E-state index in [0.717, 1.165) is 18.2 Å². The predicted molar refractivity (Wildman–Crippen MR) is 108 cm³/mol. The van der Waals surface area contributed by atoms with E-state index in [4.69, 9.17) is 11.6 Å². The lowest BCUT2D eigenvalue weighted by Crippen LogP contribution is -2.43. The number of thiophene rings is 1. The third kappa shape index (κ3) is 3.68. The number of aromatic nitrogens is 1. The molecule has 0 aliphatic carbocycles. The van der Waals surface area contributed by atoms with Gasteiger partial charge in [-0.15, -0.1) is 11.3 Å². The number of rotatable bonds is 3. The topological polar surface area (TPSA) is 62.3 Å². The zero-order valence-electron chi connectivity index (χ0n) is 14.5. The van der Waals surface area contributed by atoms with Crippen molar-refractivity contribution in [2.45, 2.75) is 12.8 Å². The van der Waals surface area contributed by atoms with Gasteiger partial charge in [-0.2, -0.15) is 0 Å². The van der Waals surface area contributed by atoms with Crippen LogP contribution < -0.4 is 5.32 Å². The highest BCUT2D eigenvalue weighted by molar-refractivity contribution is 7.12. The number of hydrogen-bond donors (Lipinski definition) is 1. The Kier molecular flexibility index (Phi) is 5.09. The second kappa shape index (κ2) is 7.66. The molecule has 3 heterocycles. The Bertz CT molecular complexity index is 990. The average Bonchev–Trinajstić information content (AvgIpc) is 3.24. The molecule has 2 aromatic heterocycles. The van der Waals surface area contributed by atoms with Gasteiger partial charge in [-0.25, -0.2) is 0 Å². The molecule has 0 bridgehead atoms. The van der Waals surface area contributed by atoms with Crippen LogP contribution in [0.1, 0.15) is 22.5 Å². The van der Waals surface area contributed by atoms with E-state index in [-0.39, 0.29) is 17.7 Å². The fourth-order valence-electron chi connectivity index (χ4n) is 3.41. The smallest absolute Gasteiger partial charge is 0.263 e. The summed E-state index contributed by atoms with van der Waals surface area (Å²) in [5.41, 5.74) is 1.31. The molecule has 0 radical (unpaired) electrons. The van der Waals surface area contributed by atoms with Crippen LogP contribution in [0.2, 0.25) is 5.02 Å². The zero-order chi connectivity index (χ0) is 18.8. The van der Waals surface area contributed by atoms with Crippen molar-refractivity contribution in [3.8, 4) is 0 Å². The molecule has 27 heavy (non-hydrogen) atoms.